The van der Waals surface area contributed by atoms with Gasteiger partial charge in [-0.1, -0.05) is 66.2 Å². The molecule has 0 heterocycles. The van der Waals surface area contributed by atoms with Gasteiger partial charge in [0.15, 0.2) is 5.25 Å². The van der Waals surface area contributed by atoms with Crippen molar-refractivity contribution in [2.75, 3.05) is 13.2 Å². The van der Waals surface area contributed by atoms with Gasteiger partial charge >= 0.3 is 41.5 Å². The van der Waals surface area contributed by atoms with Gasteiger partial charge in [-0.2, -0.15) is 0 Å². The fourth-order valence-electron chi connectivity index (χ4n) is 2.81. The Morgan fingerprint density at radius 1 is 0.871 bits per heavy atom. The van der Waals surface area contributed by atoms with Gasteiger partial charge in [0.2, 0.25) is 0 Å². The van der Waals surface area contributed by atoms with Gasteiger partial charge in [0.1, 0.15) is 10.1 Å². The van der Waals surface area contributed by atoms with Crippen LogP contribution in [-0.4, -0.2) is 43.4 Å². The van der Waals surface area contributed by atoms with Gasteiger partial charge in [0.05, 0.1) is 19.6 Å². The summed E-state index contributed by atoms with van der Waals surface area (Å²) in [5.41, 5.74) is 0. The van der Waals surface area contributed by atoms with Crippen LogP contribution in [0, 0.1) is 11.8 Å². The number of unbranched alkanes of at least 4 members (excludes halogenated alkanes) is 2. The Kier molecular flexibility index (Phi) is 27.5. The molecule has 3 atom stereocenters. The summed E-state index contributed by atoms with van der Waals surface area (Å²) in [4.78, 5) is 24.1. The van der Waals surface area contributed by atoms with E-state index in [0.29, 0.717) is 0 Å². The number of hydrogen-bond donors (Lipinski definition) is 1. The number of carbonyl (C=O) groups excluding carboxylic acids is 2. The van der Waals surface area contributed by atoms with Crippen molar-refractivity contribution < 1.29 is 61.6 Å². The van der Waals surface area contributed by atoms with E-state index in [1.165, 1.54) is 0 Å². The second-order valence-corrected chi connectivity index (χ2v) is 8.89. The predicted octanol–water partition coefficient (Wildman–Crippen LogP) is 1.55. The summed E-state index contributed by atoms with van der Waals surface area (Å²) in [6.07, 6.45) is 6.58. The standard InChI is InChI=1S/C20H38O7S.BrH.H3N.Na/c1-5-9-11-16(7-3)14-26-19(21)13-18(28(23,24)25)20(22)27-15-17(8-4)12-10-6-2;;;/h16-18H,5-15H2,1-4H3,(H,23,24,25);1H;1H3;/q;;;+1/p-1. The smallest absolute Gasteiger partial charge is 0.747 e. The quantitative estimate of drug-likeness (QED) is 0.176. The first-order chi connectivity index (χ1) is 13.2. The molecule has 0 aromatic rings. The van der Waals surface area contributed by atoms with E-state index in [2.05, 4.69) is 13.8 Å². The molecule has 0 saturated carbocycles. The van der Waals surface area contributed by atoms with Crippen LogP contribution in [0.4, 0.5) is 0 Å². The first kappa shape index (κ1) is 38.5. The van der Waals surface area contributed by atoms with Crippen LogP contribution >= 0.6 is 17.0 Å². The average molecular weight is 543 g/mol. The number of halogens is 1. The minimum absolute atomic E-state index is 0. The molecule has 0 radical (unpaired) electrons. The molecule has 3 N–H and O–H groups in total. The summed E-state index contributed by atoms with van der Waals surface area (Å²) in [7, 11) is -5.01. The van der Waals surface area contributed by atoms with Crippen LogP contribution in [0.25, 0.3) is 0 Å². The summed E-state index contributed by atoms with van der Waals surface area (Å²) < 4.78 is 44.6. The molecule has 0 fully saturated rings. The Morgan fingerprint density at radius 3 is 1.65 bits per heavy atom. The first-order valence-corrected chi connectivity index (χ1v) is 11.9. The number of hydrogen-bond acceptors (Lipinski definition) is 8. The molecular weight excluding hydrogens is 501 g/mol. The number of rotatable bonds is 16. The molecule has 11 heteroatoms. The van der Waals surface area contributed by atoms with Crippen LogP contribution in [-0.2, 0) is 29.2 Å². The Labute approximate surface area is 221 Å². The van der Waals surface area contributed by atoms with E-state index >= 15 is 0 Å². The molecule has 0 saturated heterocycles. The van der Waals surface area contributed by atoms with Crippen molar-refractivity contribution >= 4 is 39.0 Å². The normalized spacial score (nSPS) is 13.5. The summed E-state index contributed by atoms with van der Waals surface area (Å²) in [6, 6.07) is 0. The number of carbonyl (C=O) groups is 2. The molecule has 0 amide bonds. The Hall–Kier alpha value is 0.290. The fourth-order valence-corrected chi connectivity index (χ4v) is 3.46. The van der Waals surface area contributed by atoms with Crippen LogP contribution in [0.1, 0.15) is 85.5 Å². The molecule has 182 valence electrons. The van der Waals surface area contributed by atoms with Crippen molar-refractivity contribution in [3.05, 3.63) is 0 Å². The zero-order valence-electron chi connectivity index (χ0n) is 19.9. The van der Waals surface area contributed by atoms with Gasteiger partial charge in [0, 0.05) is 0 Å². The molecule has 0 aromatic heterocycles. The maximum atomic E-state index is 12.1. The van der Waals surface area contributed by atoms with Crippen molar-refractivity contribution in [2.24, 2.45) is 11.8 Å². The van der Waals surface area contributed by atoms with Crippen molar-refractivity contribution in [3.63, 3.8) is 0 Å². The summed E-state index contributed by atoms with van der Waals surface area (Å²) in [6.45, 7) is 8.26. The van der Waals surface area contributed by atoms with Gasteiger partial charge in [-0.3, -0.25) is 9.59 Å². The topological polar surface area (TPSA) is 145 Å². The maximum absolute atomic E-state index is 12.1. The van der Waals surface area contributed by atoms with Gasteiger partial charge in [-0.05, 0) is 24.7 Å². The summed E-state index contributed by atoms with van der Waals surface area (Å²) >= 11 is 0. The van der Waals surface area contributed by atoms with Crippen LogP contribution in [0.5, 0.6) is 0 Å². The zero-order valence-corrected chi connectivity index (χ0v) is 24.4. The van der Waals surface area contributed by atoms with E-state index in [1.807, 2.05) is 13.8 Å². The second-order valence-electron chi connectivity index (χ2n) is 7.33. The van der Waals surface area contributed by atoms with Crippen molar-refractivity contribution in [1.82, 2.24) is 6.15 Å². The third-order valence-corrected chi connectivity index (χ3v) is 6.05. The molecule has 8 nitrogen and oxygen atoms in total. The van der Waals surface area contributed by atoms with Crippen LogP contribution < -0.4 is 35.7 Å². The zero-order chi connectivity index (χ0) is 21.6. The van der Waals surface area contributed by atoms with E-state index < -0.39 is 33.7 Å². The van der Waals surface area contributed by atoms with Crippen molar-refractivity contribution in [1.29, 1.82) is 0 Å². The van der Waals surface area contributed by atoms with Crippen LogP contribution in [0.2, 0.25) is 0 Å². The second kappa shape index (κ2) is 22.1. The Bertz CT molecular complexity index is 564. The predicted molar refractivity (Wildman–Crippen MR) is 122 cm³/mol. The fraction of sp³-hybridized carbons (Fsp3) is 0.900. The number of esters is 2. The molecule has 0 aliphatic rings. The van der Waals surface area contributed by atoms with E-state index in [1.54, 1.807) is 0 Å². The molecule has 0 rings (SSSR count). The van der Waals surface area contributed by atoms with Gasteiger partial charge in [-0.15, -0.1) is 17.0 Å². The maximum Gasteiger partial charge on any atom is 1.00 e. The van der Waals surface area contributed by atoms with Crippen LogP contribution in [0.15, 0.2) is 0 Å². The molecule has 0 bridgehead atoms. The molecule has 0 aliphatic heterocycles. The number of ether oxygens (including phenoxy) is 2. The summed E-state index contributed by atoms with van der Waals surface area (Å²) in [5.74, 6) is -1.74. The summed E-state index contributed by atoms with van der Waals surface area (Å²) in [5, 5.41) is -2.06. The monoisotopic (exact) mass is 541 g/mol. The largest absolute Gasteiger partial charge is 1.00 e. The molecular formula is C20H41BrNNaO7S. The van der Waals surface area contributed by atoms with E-state index in [0.717, 1.165) is 51.4 Å². The third-order valence-electron chi connectivity index (χ3n) is 4.99. The minimum Gasteiger partial charge on any atom is -0.747 e. The first-order valence-electron chi connectivity index (χ1n) is 10.5. The van der Waals surface area contributed by atoms with E-state index in [-0.39, 0.29) is 77.7 Å². The Balaban J connectivity index is -0.00000121. The van der Waals surface area contributed by atoms with Gasteiger partial charge < -0.3 is 20.2 Å². The van der Waals surface area contributed by atoms with E-state index in [9.17, 15) is 22.6 Å². The van der Waals surface area contributed by atoms with Gasteiger partial charge in [0.25, 0.3) is 0 Å². The molecule has 0 aliphatic carbocycles. The Morgan fingerprint density at radius 2 is 1.29 bits per heavy atom. The SMILES string of the molecule is Br.CCCCC(CC)COC(=O)CC(C(=O)OCC(CC)CCCC)S(=O)(=O)[O-].N.[Na+]. The minimum atomic E-state index is -5.01. The van der Waals surface area contributed by atoms with E-state index in [4.69, 9.17) is 9.47 Å². The molecule has 0 aromatic carbocycles. The van der Waals surface area contributed by atoms with Crippen LogP contribution in [0.3, 0.4) is 0 Å². The van der Waals surface area contributed by atoms with Gasteiger partial charge in [-0.25, -0.2) is 8.42 Å². The molecule has 31 heavy (non-hydrogen) atoms. The molecule has 0 spiro atoms. The third kappa shape index (κ3) is 18.4. The molecule has 3 unspecified atom stereocenters. The van der Waals surface area contributed by atoms with Crippen molar-refractivity contribution in [3.8, 4) is 0 Å². The average Bonchev–Trinajstić information content (AvgIpc) is 2.65. The van der Waals surface area contributed by atoms with Crippen molar-refractivity contribution in [2.45, 2.75) is 90.7 Å².